The minimum Gasteiger partial charge on any atom is -0.346 e. The SMILES string of the molecule is CC(C)(C)C(=O)N[C@@H](Cc1ccc(NS(=O)(=O)O)cc1)C1=NC(c2ccccc2)CS1. The van der Waals surface area contributed by atoms with Gasteiger partial charge in [0.15, 0.2) is 0 Å². The molecule has 0 aliphatic carbocycles. The first-order valence-corrected chi connectivity index (χ1v) is 12.3. The molecule has 1 unspecified atom stereocenters. The van der Waals surface area contributed by atoms with E-state index in [1.54, 1.807) is 36.0 Å². The fraction of sp³-hybridized carbons (Fsp3) is 0.364. The first kappa shape index (κ1) is 23.3. The number of rotatable bonds is 7. The lowest BCUT2D eigenvalue weighted by atomic mass is 9.94. The maximum absolute atomic E-state index is 12.7. The van der Waals surface area contributed by atoms with Crippen molar-refractivity contribution in [3.63, 3.8) is 0 Å². The van der Waals surface area contributed by atoms with Crippen LogP contribution in [0.1, 0.15) is 37.9 Å². The predicted molar refractivity (Wildman–Crippen MR) is 126 cm³/mol. The van der Waals surface area contributed by atoms with Crippen molar-refractivity contribution in [3.8, 4) is 0 Å². The van der Waals surface area contributed by atoms with Crippen molar-refractivity contribution in [2.45, 2.75) is 39.3 Å². The van der Waals surface area contributed by atoms with Crippen molar-refractivity contribution < 1.29 is 17.8 Å². The molecule has 2 atom stereocenters. The average molecular weight is 462 g/mol. The summed E-state index contributed by atoms with van der Waals surface area (Å²) in [6.07, 6.45) is 0.515. The van der Waals surface area contributed by atoms with E-state index >= 15 is 0 Å². The van der Waals surface area contributed by atoms with Gasteiger partial charge in [0, 0.05) is 11.2 Å². The van der Waals surface area contributed by atoms with Crippen molar-refractivity contribution in [3.05, 3.63) is 65.7 Å². The zero-order chi connectivity index (χ0) is 22.6. The molecular formula is C22H27N3O4S2. The lowest BCUT2D eigenvalue weighted by molar-refractivity contribution is -0.128. The summed E-state index contributed by atoms with van der Waals surface area (Å²) in [5.74, 6) is 0.756. The van der Waals surface area contributed by atoms with Crippen molar-refractivity contribution in [2.75, 3.05) is 10.5 Å². The minimum absolute atomic E-state index is 0.0524. The summed E-state index contributed by atoms with van der Waals surface area (Å²) in [6.45, 7) is 5.60. The Bertz CT molecular complexity index is 1050. The molecule has 3 N–H and O–H groups in total. The Kier molecular flexibility index (Phi) is 7.08. The van der Waals surface area contributed by atoms with E-state index in [4.69, 9.17) is 9.55 Å². The Labute approximate surface area is 187 Å². The second-order valence-corrected chi connectivity index (χ2v) is 10.7. The number of carbonyl (C=O) groups excluding carboxylic acids is 1. The van der Waals surface area contributed by atoms with Gasteiger partial charge in [-0.05, 0) is 29.7 Å². The summed E-state index contributed by atoms with van der Waals surface area (Å²) in [7, 11) is -4.32. The Hall–Kier alpha value is -2.36. The zero-order valence-electron chi connectivity index (χ0n) is 17.7. The van der Waals surface area contributed by atoms with Crippen LogP contribution in [0.5, 0.6) is 0 Å². The molecule has 31 heavy (non-hydrogen) atoms. The van der Waals surface area contributed by atoms with Crippen LogP contribution >= 0.6 is 11.8 Å². The molecule has 1 amide bonds. The van der Waals surface area contributed by atoms with Gasteiger partial charge in [-0.25, -0.2) is 0 Å². The van der Waals surface area contributed by atoms with Gasteiger partial charge < -0.3 is 5.32 Å². The molecule has 0 spiro atoms. The van der Waals surface area contributed by atoms with Gasteiger partial charge in [0.25, 0.3) is 0 Å². The van der Waals surface area contributed by atoms with Crippen molar-refractivity contribution >= 4 is 38.7 Å². The lowest BCUT2D eigenvalue weighted by Gasteiger charge is -2.24. The summed E-state index contributed by atoms with van der Waals surface area (Å²) in [4.78, 5) is 17.6. The number of aliphatic imine (C=N–C) groups is 1. The third-order valence-electron chi connectivity index (χ3n) is 4.78. The van der Waals surface area contributed by atoms with Crippen LogP contribution in [0, 0.1) is 5.41 Å². The van der Waals surface area contributed by atoms with Crippen LogP contribution in [0.2, 0.25) is 0 Å². The normalized spacial score (nSPS) is 17.7. The quantitative estimate of drug-likeness (QED) is 0.543. The monoisotopic (exact) mass is 461 g/mol. The summed E-state index contributed by atoms with van der Waals surface area (Å²) in [5, 5.41) is 4.01. The van der Waals surface area contributed by atoms with Gasteiger partial charge in [-0.15, -0.1) is 11.8 Å². The topological polar surface area (TPSA) is 108 Å². The summed E-state index contributed by atoms with van der Waals surface area (Å²) < 4.78 is 32.9. The molecule has 2 aromatic rings. The number of anilines is 1. The Morgan fingerprint density at radius 1 is 1.16 bits per heavy atom. The maximum atomic E-state index is 12.7. The number of nitrogens with zero attached hydrogens (tertiary/aromatic N) is 1. The Balaban J connectivity index is 1.81. The van der Waals surface area contributed by atoms with Gasteiger partial charge >= 0.3 is 10.3 Å². The number of benzene rings is 2. The highest BCUT2D eigenvalue weighted by atomic mass is 32.2. The molecule has 0 aromatic heterocycles. The fourth-order valence-electron chi connectivity index (χ4n) is 3.10. The predicted octanol–water partition coefficient (Wildman–Crippen LogP) is 3.86. The van der Waals surface area contributed by atoms with Gasteiger partial charge in [0.05, 0.1) is 22.8 Å². The standard InChI is InChI=1S/C22H27N3O4S2/c1-22(2,3)21(26)24-18(13-15-9-11-17(12-10-15)25-31(27,28)29)20-23-19(14-30-20)16-7-5-4-6-8-16/h4-12,18-19,25H,13-14H2,1-3H3,(H,24,26)(H,27,28,29)/t18-,19?/m0/s1. The summed E-state index contributed by atoms with van der Waals surface area (Å²) in [5.41, 5.74) is 1.78. The molecule has 3 rings (SSSR count). The van der Waals surface area contributed by atoms with Gasteiger partial charge in [0.1, 0.15) is 0 Å². The summed E-state index contributed by atoms with van der Waals surface area (Å²) in [6, 6.07) is 16.5. The second kappa shape index (κ2) is 9.42. The van der Waals surface area contributed by atoms with Crippen LogP contribution in [0.3, 0.4) is 0 Å². The molecule has 0 saturated carbocycles. The molecule has 2 aromatic carbocycles. The molecule has 9 heteroatoms. The average Bonchev–Trinajstić information content (AvgIpc) is 3.18. The van der Waals surface area contributed by atoms with Gasteiger partial charge in [-0.3, -0.25) is 19.1 Å². The molecular weight excluding hydrogens is 434 g/mol. The highest BCUT2D eigenvalue weighted by Gasteiger charge is 2.30. The third kappa shape index (κ3) is 6.81. The fourth-order valence-corrected chi connectivity index (χ4v) is 4.67. The molecule has 0 radical (unpaired) electrons. The largest absolute Gasteiger partial charge is 0.357 e. The van der Waals surface area contributed by atoms with E-state index in [0.717, 1.165) is 21.9 Å². The van der Waals surface area contributed by atoms with Crippen molar-refractivity contribution in [1.29, 1.82) is 0 Å². The van der Waals surface area contributed by atoms with E-state index in [2.05, 4.69) is 17.4 Å². The minimum atomic E-state index is -4.32. The number of carbonyl (C=O) groups is 1. The van der Waals surface area contributed by atoms with Gasteiger partial charge in [-0.2, -0.15) is 8.42 Å². The zero-order valence-corrected chi connectivity index (χ0v) is 19.3. The number of nitrogens with one attached hydrogen (secondary N) is 2. The molecule has 166 valence electrons. The van der Waals surface area contributed by atoms with E-state index in [1.165, 1.54) is 0 Å². The van der Waals surface area contributed by atoms with E-state index < -0.39 is 15.7 Å². The molecule has 0 bridgehead atoms. The van der Waals surface area contributed by atoms with Crippen molar-refractivity contribution in [1.82, 2.24) is 5.32 Å². The molecule has 1 heterocycles. The van der Waals surface area contributed by atoms with Crippen LogP contribution in [0.15, 0.2) is 59.6 Å². The smallest absolute Gasteiger partial charge is 0.346 e. The lowest BCUT2D eigenvalue weighted by Crippen LogP contribution is -2.45. The first-order valence-electron chi connectivity index (χ1n) is 9.92. The first-order chi connectivity index (χ1) is 14.5. The van der Waals surface area contributed by atoms with Gasteiger partial charge in [0.2, 0.25) is 5.91 Å². The van der Waals surface area contributed by atoms with Crippen LogP contribution in [-0.2, 0) is 21.5 Å². The van der Waals surface area contributed by atoms with E-state index in [0.29, 0.717) is 6.42 Å². The maximum Gasteiger partial charge on any atom is 0.357 e. The van der Waals surface area contributed by atoms with E-state index in [9.17, 15) is 13.2 Å². The van der Waals surface area contributed by atoms with Crippen LogP contribution < -0.4 is 10.0 Å². The van der Waals surface area contributed by atoms with Crippen LogP contribution in [0.4, 0.5) is 5.69 Å². The number of hydrogen-bond acceptors (Lipinski definition) is 5. The molecule has 0 saturated heterocycles. The molecule has 1 aliphatic rings. The number of hydrogen-bond donors (Lipinski definition) is 3. The van der Waals surface area contributed by atoms with Crippen LogP contribution in [0.25, 0.3) is 0 Å². The molecule has 0 fully saturated rings. The Morgan fingerprint density at radius 3 is 2.39 bits per heavy atom. The summed E-state index contributed by atoms with van der Waals surface area (Å²) >= 11 is 1.65. The highest BCUT2D eigenvalue weighted by Crippen LogP contribution is 2.32. The number of amides is 1. The second-order valence-electron chi connectivity index (χ2n) is 8.46. The highest BCUT2D eigenvalue weighted by molar-refractivity contribution is 8.14. The van der Waals surface area contributed by atoms with Crippen molar-refractivity contribution in [2.24, 2.45) is 10.4 Å². The third-order valence-corrected chi connectivity index (χ3v) is 6.44. The van der Waals surface area contributed by atoms with E-state index in [-0.39, 0.29) is 23.7 Å². The number of thioether (sulfide) groups is 1. The Morgan fingerprint density at radius 2 is 1.81 bits per heavy atom. The molecule has 7 nitrogen and oxygen atoms in total. The van der Waals surface area contributed by atoms with Gasteiger partial charge in [-0.1, -0.05) is 63.2 Å². The van der Waals surface area contributed by atoms with E-state index in [1.807, 2.05) is 43.7 Å². The van der Waals surface area contributed by atoms with Crippen LogP contribution in [-0.4, -0.2) is 35.7 Å². The molecule has 1 aliphatic heterocycles.